The molecule has 0 saturated carbocycles. The Balaban J connectivity index is 1.72. The van der Waals surface area contributed by atoms with Gasteiger partial charge in [0.2, 0.25) is 0 Å². The third kappa shape index (κ3) is 2.90. The number of hydrogen-bond donors (Lipinski definition) is 0. The molecule has 0 aliphatic carbocycles. The molecule has 1 amide bonds. The number of hydrogen-bond acceptors (Lipinski definition) is 5. The molecule has 0 unspecified atom stereocenters. The molecule has 0 N–H and O–H groups in total. The lowest BCUT2D eigenvalue weighted by molar-refractivity contribution is 0.0873. The molecule has 0 bridgehead atoms. The smallest absolute Gasteiger partial charge is 0.283 e. The highest BCUT2D eigenvalue weighted by Gasteiger charge is 2.30. The lowest BCUT2D eigenvalue weighted by Gasteiger charge is -2.21. The maximum absolute atomic E-state index is 13.1. The predicted molar refractivity (Wildman–Crippen MR) is 104 cm³/mol. The molecule has 0 saturated heterocycles. The highest BCUT2D eigenvalue weighted by molar-refractivity contribution is 7.89. The average Bonchev–Trinajstić information content (AvgIpc) is 3.10. The molecule has 1 aromatic heterocycles. The first-order valence-corrected chi connectivity index (χ1v) is 10.4. The van der Waals surface area contributed by atoms with Gasteiger partial charge >= 0.3 is 0 Å². The zero-order valence-corrected chi connectivity index (χ0v) is 16.4. The third-order valence-electron chi connectivity index (χ3n) is 4.80. The van der Waals surface area contributed by atoms with Crippen LogP contribution in [0.4, 0.5) is 0 Å². The van der Waals surface area contributed by atoms with Crippen molar-refractivity contribution in [3.05, 3.63) is 54.2 Å². The summed E-state index contributed by atoms with van der Waals surface area (Å²) in [6, 6.07) is 13.6. The van der Waals surface area contributed by atoms with Crippen LogP contribution < -0.4 is 9.47 Å². The highest BCUT2D eigenvalue weighted by Crippen LogP contribution is 2.33. The molecule has 0 radical (unpaired) electrons. The van der Waals surface area contributed by atoms with Crippen LogP contribution in [0.3, 0.4) is 0 Å². The minimum Gasteiger partial charge on any atom is -0.486 e. The van der Waals surface area contributed by atoms with Crippen LogP contribution in [-0.2, 0) is 16.6 Å². The summed E-state index contributed by atoms with van der Waals surface area (Å²) in [5.74, 6) is 0.258. The van der Waals surface area contributed by atoms with Gasteiger partial charge in [0, 0.05) is 30.6 Å². The molecule has 0 spiro atoms. The molecule has 4 rings (SSSR count). The second kappa shape index (κ2) is 6.87. The van der Waals surface area contributed by atoms with E-state index in [9.17, 15) is 13.2 Å². The summed E-state index contributed by atoms with van der Waals surface area (Å²) in [5.41, 5.74) is 1.21. The molecule has 28 heavy (non-hydrogen) atoms. The maximum Gasteiger partial charge on any atom is 0.283 e. The number of ether oxygens (including phenoxy) is 2. The molecule has 1 aliphatic heterocycles. The number of para-hydroxylation sites is 1. The van der Waals surface area contributed by atoms with E-state index in [2.05, 4.69) is 0 Å². The molecule has 7 nitrogen and oxygen atoms in total. The number of benzene rings is 2. The SMILES string of the molecule is CCn1c(C(=O)N(C)S(=O)(=O)c2ccc3c(c2)OCCO3)cc2ccccc21. The van der Waals surface area contributed by atoms with Gasteiger partial charge in [0.15, 0.2) is 11.5 Å². The van der Waals surface area contributed by atoms with Crippen LogP contribution >= 0.6 is 0 Å². The van der Waals surface area contributed by atoms with Gasteiger partial charge < -0.3 is 14.0 Å². The first-order valence-electron chi connectivity index (χ1n) is 8.94. The number of carbonyl (C=O) groups excluding carboxylic acids is 1. The van der Waals surface area contributed by atoms with Crippen molar-refractivity contribution in [1.82, 2.24) is 8.87 Å². The number of sulfonamides is 1. The quantitative estimate of drug-likeness (QED) is 0.673. The Morgan fingerprint density at radius 1 is 1.07 bits per heavy atom. The summed E-state index contributed by atoms with van der Waals surface area (Å²) in [6.45, 7) is 3.23. The van der Waals surface area contributed by atoms with E-state index in [4.69, 9.17) is 9.47 Å². The van der Waals surface area contributed by atoms with Crippen molar-refractivity contribution in [3.63, 3.8) is 0 Å². The fraction of sp³-hybridized carbons (Fsp3) is 0.250. The number of aromatic nitrogens is 1. The van der Waals surface area contributed by atoms with Crippen molar-refractivity contribution >= 4 is 26.8 Å². The second-order valence-corrected chi connectivity index (χ2v) is 8.39. The van der Waals surface area contributed by atoms with Gasteiger partial charge in [0.1, 0.15) is 18.9 Å². The minimum absolute atomic E-state index is 0.0215. The van der Waals surface area contributed by atoms with E-state index in [1.165, 1.54) is 19.2 Å². The summed E-state index contributed by atoms with van der Waals surface area (Å²) in [5, 5.41) is 0.887. The summed E-state index contributed by atoms with van der Waals surface area (Å²) < 4.78 is 39.6. The molecule has 3 aromatic rings. The number of aryl methyl sites for hydroxylation is 1. The molecule has 2 heterocycles. The van der Waals surface area contributed by atoms with Crippen molar-refractivity contribution in [2.45, 2.75) is 18.4 Å². The van der Waals surface area contributed by atoms with E-state index in [1.807, 2.05) is 35.8 Å². The van der Waals surface area contributed by atoms with Gasteiger partial charge in [-0.25, -0.2) is 12.7 Å². The van der Waals surface area contributed by atoms with Crippen molar-refractivity contribution in [1.29, 1.82) is 0 Å². The lowest BCUT2D eigenvalue weighted by atomic mass is 10.2. The van der Waals surface area contributed by atoms with E-state index in [0.717, 1.165) is 15.2 Å². The Kier molecular flexibility index (Phi) is 4.50. The Morgan fingerprint density at radius 3 is 2.54 bits per heavy atom. The monoisotopic (exact) mass is 400 g/mol. The largest absolute Gasteiger partial charge is 0.486 e. The standard InChI is InChI=1S/C20H20N2O5S/c1-3-22-16-7-5-4-6-14(16)12-17(22)20(23)21(2)28(24,25)15-8-9-18-19(13-15)27-11-10-26-18/h4-9,12-13H,3,10-11H2,1-2H3. The van der Waals surface area contributed by atoms with Crippen LogP contribution in [-0.4, -0.2) is 43.5 Å². The van der Waals surface area contributed by atoms with Crippen LogP contribution in [0, 0.1) is 0 Å². The van der Waals surface area contributed by atoms with E-state index >= 15 is 0 Å². The first kappa shape index (κ1) is 18.4. The van der Waals surface area contributed by atoms with Crippen molar-refractivity contribution in [2.75, 3.05) is 20.3 Å². The van der Waals surface area contributed by atoms with Crippen LogP contribution in [0.25, 0.3) is 10.9 Å². The van der Waals surface area contributed by atoms with Crippen molar-refractivity contribution < 1.29 is 22.7 Å². The Labute approximate surface area is 163 Å². The zero-order chi connectivity index (χ0) is 19.9. The van der Waals surface area contributed by atoms with Gasteiger partial charge in [-0.1, -0.05) is 18.2 Å². The summed E-state index contributed by atoms with van der Waals surface area (Å²) in [7, 11) is -2.78. The Bertz CT molecular complexity index is 1170. The summed E-state index contributed by atoms with van der Waals surface area (Å²) in [6.07, 6.45) is 0. The van der Waals surface area contributed by atoms with Crippen LogP contribution in [0.1, 0.15) is 17.4 Å². The second-order valence-electron chi connectivity index (χ2n) is 6.42. The van der Waals surface area contributed by atoms with E-state index in [-0.39, 0.29) is 4.90 Å². The maximum atomic E-state index is 13.1. The normalized spacial score (nSPS) is 13.5. The minimum atomic E-state index is -4.05. The predicted octanol–water partition coefficient (Wildman–Crippen LogP) is 2.89. The van der Waals surface area contributed by atoms with Crippen molar-refractivity contribution in [2.24, 2.45) is 0 Å². The Hall–Kier alpha value is -3.00. The van der Waals surface area contributed by atoms with E-state index in [0.29, 0.717) is 37.0 Å². The van der Waals surface area contributed by atoms with Crippen LogP contribution in [0.15, 0.2) is 53.4 Å². The Morgan fingerprint density at radius 2 is 1.79 bits per heavy atom. The van der Waals surface area contributed by atoms with Crippen LogP contribution in [0.5, 0.6) is 11.5 Å². The van der Waals surface area contributed by atoms with Crippen LogP contribution in [0.2, 0.25) is 0 Å². The average molecular weight is 400 g/mol. The van der Waals surface area contributed by atoms with Gasteiger partial charge in [-0.05, 0) is 31.2 Å². The number of fused-ring (bicyclic) bond motifs is 2. The molecule has 1 aliphatic rings. The van der Waals surface area contributed by atoms with Gasteiger partial charge in [-0.3, -0.25) is 4.79 Å². The zero-order valence-electron chi connectivity index (χ0n) is 15.6. The molecular formula is C20H20N2O5S. The van der Waals surface area contributed by atoms with Gasteiger partial charge in [0.05, 0.1) is 4.90 Å². The number of nitrogens with zero attached hydrogens (tertiary/aromatic N) is 2. The molecule has 2 aromatic carbocycles. The fourth-order valence-corrected chi connectivity index (χ4v) is 4.47. The molecule has 8 heteroatoms. The van der Waals surface area contributed by atoms with E-state index in [1.54, 1.807) is 12.1 Å². The number of carbonyl (C=O) groups is 1. The topological polar surface area (TPSA) is 77.8 Å². The molecular weight excluding hydrogens is 380 g/mol. The lowest BCUT2D eigenvalue weighted by Crippen LogP contribution is -2.34. The summed E-state index contributed by atoms with van der Waals surface area (Å²) in [4.78, 5) is 13.1. The van der Waals surface area contributed by atoms with E-state index < -0.39 is 15.9 Å². The summed E-state index contributed by atoms with van der Waals surface area (Å²) >= 11 is 0. The van der Waals surface area contributed by atoms with Crippen molar-refractivity contribution in [3.8, 4) is 11.5 Å². The molecule has 0 fully saturated rings. The fourth-order valence-electron chi connectivity index (χ4n) is 3.34. The highest BCUT2D eigenvalue weighted by atomic mass is 32.2. The van der Waals surface area contributed by atoms with Gasteiger partial charge in [-0.2, -0.15) is 0 Å². The number of amides is 1. The number of rotatable bonds is 4. The van der Waals surface area contributed by atoms with Gasteiger partial charge in [0.25, 0.3) is 15.9 Å². The third-order valence-corrected chi connectivity index (χ3v) is 6.54. The molecule has 146 valence electrons. The molecule has 0 atom stereocenters. The van der Waals surface area contributed by atoms with Gasteiger partial charge in [-0.15, -0.1) is 0 Å². The first-order chi connectivity index (χ1) is 13.4.